The molecule has 2 rings (SSSR count). The maximum Gasteiger partial charge on any atom is 0.316 e. The van der Waals surface area contributed by atoms with Crippen molar-refractivity contribution >= 4 is 0 Å². The van der Waals surface area contributed by atoms with E-state index < -0.39 is 6.10 Å². The third kappa shape index (κ3) is 2.84. The van der Waals surface area contributed by atoms with E-state index in [-0.39, 0.29) is 0 Å². The molecular weight excluding hydrogens is 228 g/mol. The molecule has 4 heteroatoms. The van der Waals surface area contributed by atoms with E-state index in [0.29, 0.717) is 18.0 Å². The number of hydrogen-bond acceptors (Lipinski definition) is 4. The highest BCUT2D eigenvalue weighted by Gasteiger charge is 2.11. The van der Waals surface area contributed by atoms with Crippen LogP contribution in [-0.4, -0.2) is 22.2 Å². The first-order valence-electron chi connectivity index (χ1n) is 5.79. The molecule has 0 aliphatic rings. The standard InChI is InChI=1S/C14H16N2O2/c1-10-5-3-4-6-11(10)7-13(17)12-8-15-14(18-2)16-9-12/h3-6,8-9,13,17H,7H2,1-2H3. The lowest BCUT2D eigenvalue weighted by Gasteiger charge is -2.12. The van der Waals surface area contributed by atoms with E-state index in [4.69, 9.17) is 4.74 Å². The third-order valence-corrected chi connectivity index (χ3v) is 2.89. The smallest absolute Gasteiger partial charge is 0.316 e. The maximum absolute atomic E-state index is 10.1. The maximum atomic E-state index is 10.1. The van der Waals surface area contributed by atoms with Crippen molar-refractivity contribution < 1.29 is 9.84 Å². The van der Waals surface area contributed by atoms with Gasteiger partial charge >= 0.3 is 6.01 Å². The summed E-state index contributed by atoms with van der Waals surface area (Å²) in [5, 5.41) is 10.1. The van der Waals surface area contributed by atoms with Gasteiger partial charge in [-0.1, -0.05) is 24.3 Å². The van der Waals surface area contributed by atoms with Gasteiger partial charge in [0, 0.05) is 24.4 Å². The minimum Gasteiger partial charge on any atom is -0.467 e. The Balaban J connectivity index is 2.11. The van der Waals surface area contributed by atoms with Crippen LogP contribution in [0.15, 0.2) is 36.7 Å². The van der Waals surface area contributed by atoms with E-state index >= 15 is 0 Å². The van der Waals surface area contributed by atoms with Crippen molar-refractivity contribution in [3.05, 3.63) is 53.3 Å². The number of rotatable bonds is 4. The van der Waals surface area contributed by atoms with Crippen molar-refractivity contribution in [2.24, 2.45) is 0 Å². The van der Waals surface area contributed by atoms with Crippen LogP contribution in [-0.2, 0) is 6.42 Å². The number of ether oxygens (including phenoxy) is 1. The Morgan fingerprint density at radius 3 is 2.50 bits per heavy atom. The monoisotopic (exact) mass is 244 g/mol. The highest BCUT2D eigenvalue weighted by Crippen LogP contribution is 2.19. The second-order valence-corrected chi connectivity index (χ2v) is 4.15. The lowest BCUT2D eigenvalue weighted by Crippen LogP contribution is -2.05. The van der Waals surface area contributed by atoms with Gasteiger partial charge in [0.05, 0.1) is 13.2 Å². The molecule has 0 spiro atoms. The molecule has 1 aromatic carbocycles. The number of benzene rings is 1. The average molecular weight is 244 g/mol. The molecule has 0 saturated carbocycles. The summed E-state index contributed by atoms with van der Waals surface area (Å²) in [6.45, 7) is 2.03. The highest BCUT2D eigenvalue weighted by molar-refractivity contribution is 5.27. The number of aromatic nitrogens is 2. The Morgan fingerprint density at radius 2 is 1.89 bits per heavy atom. The Labute approximate surface area is 106 Å². The largest absolute Gasteiger partial charge is 0.467 e. The molecule has 1 atom stereocenters. The molecule has 1 N–H and O–H groups in total. The molecule has 0 fully saturated rings. The normalized spacial score (nSPS) is 12.2. The van der Waals surface area contributed by atoms with Crippen LogP contribution in [0.5, 0.6) is 6.01 Å². The van der Waals surface area contributed by atoms with Crippen molar-refractivity contribution in [2.75, 3.05) is 7.11 Å². The van der Waals surface area contributed by atoms with E-state index in [0.717, 1.165) is 5.56 Å². The Morgan fingerprint density at radius 1 is 1.22 bits per heavy atom. The lowest BCUT2D eigenvalue weighted by molar-refractivity contribution is 0.177. The Hall–Kier alpha value is -1.94. The van der Waals surface area contributed by atoms with Crippen LogP contribution in [0, 0.1) is 6.92 Å². The van der Waals surface area contributed by atoms with Gasteiger partial charge in [0.15, 0.2) is 0 Å². The third-order valence-electron chi connectivity index (χ3n) is 2.89. The van der Waals surface area contributed by atoms with E-state index in [1.165, 1.54) is 12.7 Å². The summed E-state index contributed by atoms with van der Waals surface area (Å²) in [6.07, 6.45) is 3.14. The second-order valence-electron chi connectivity index (χ2n) is 4.15. The minimum atomic E-state index is -0.600. The van der Waals surface area contributed by atoms with E-state index in [1.807, 2.05) is 31.2 Å². The summed E-state index contributed by atoms with van der Waals surface area (Å²) < 4.78 is 4.88. The summed E-state index contributed by atoms with van der Waals surface area (Å²) in [4.78, 5) is 7.98. The van der Waals surface area contributed by atoms with E-state index in [2.05, 4.69) is 9.97 Å². The fraction of sp³-hybridized carbons (Fsp3) is 0.286. The van der Waals surface area contributed by atoms with Crippen molar-refractivity contribution in [2.45, 2.75) is 19.4 Å². The molecule has 0 aliphatic carbocycles. The molecule has 2 aromatic rings. The van der Waals surface area contributed by atoms with Gasteiger partial charge in [-0.3, -0.25) is 0 Å². The van der Waals surface area contributed by atoms with Crippen LogP contribution in [0.4, 0.5) is 0 Å². The van der Waals surface area contributed by atoms with Gasteiger partial charge in [0.25, 0.3) is 0 Å². The molecule has 0 bridgehead atoms. The fourth-order valence-corrected chi connectivity index (χ4v) is 1.77. The topological polar surface area (TPSA) is 55.2 Å². The summed E-state index contributed by atoms with van der Waals surface area (Å²) in [5.74, 6) is 0. The van der Waals surface area contributed by atoms with Gasteiger partial charge in [-0.2, -0.15) is 0 Å². The number of methoxy groups -OCH3 is 1. The first-order valence-corrected chi connectivity index (χ1v) is 5.79. The SMILES string of the molecule is COc1ncc(C(O)Cc2ccccc2C)cn1. The van der Waals surface area contributed by atoms with Crippen molar-refractivity contribution in [3.63, 3.8) is 0 Å². The van der Waals surface area contributed by atoms with Gasteiger partial charge in [0.1, 0.15) is 0 Å². The number of aliphatic hydroxyl groups is 1. The summed E-state index contributed by atoms with van der Waals surface area (Å²) in [7, 11) is 1.51. The van der Waals surface area contributed by atoms with Crippen molar-refractivity contribution in [1.82, 2.24) is 9.97 Å². The van der Waals surface area contributed by atoms with E-state index in [1.54, 1.807) is 12.4 Å². The molecule has 0 amide bonds. The van der Waals surface area contributed by atoms with Gasteiger partial charge in [0.2, 0.25) is 0 Å². The van der Waals surface area contributed by atoms with Crippen LogP contribution < -0.4 is 4.74 Å². The molecule has 1 unspecified atom stereocenters. The molecule has 0 radical (unpaired) electrons. The zero-order valence-electron chi connectivity index (χ0n) is 10.5. The van der Waals surface area contributed by atoms with Gasteiger partial charge in [-0.15, -0.1) is 0 Å². The molecule has 4 nitrogen and oxygen atoms in total. The van der Waals surface area contributed by atoms with Gasteiger partial charge in [-0.05, 0) is 18.1 Å². The molecule has 18 heavy (non-hydrogen) atoms. The fourth-order valence-electron chi connectivity index (χ4n) is 1.77. The van der Waals surface area contributed by atoms with Crippen LogP contribution in [0.3, 0.4) is 0 Å². The zero-order chi connectivity index (χ0) is 13.0. The van der Waals surface area contributed by atoms with Gasteiger partial charge in [-0.25, -0.2) is 9.97 Å². The molecule has 1 aromatic heterocycles. The summed E-state index contributed by atoms with van der Waals surface area (Å²) in [5.41, 5.74) is 2.99. The zero-order valence-corrected chi connectivity index (χ0v) is 10.5. The number of hydrogen-bond donors (Lipinski definition) is 1. The average Bonchev–Trinajstić information content (AvgIpc) is 2.41. The number of aryl methyl sites for hydroxylation is 1. The second kappa shape index (κ2) is 5.60. The van der Waals surface area contributed by atoms with Crippen LogP contribution in [0.25, 0.3) is 0 Å². The Bertz CT molecular complexity index is 511. The summed E-state index contributed by atoms with van der Waals surface area (Å²) >= 11 is 0. The summed E-state index contributed by atoms with van der Waals surface area (Å²) in [6, 6.07) is 8.32. The molecule has 0 saturated heterocycles. The van der Waals surface area contributed by atoms with E-state index in [9.17, 15) is 5.11 Å². The molecular formula is C14H16N2O2. The number of aliphatic hydroxyl groups excluding tert-OH is 1. The van der Waals surface area contributed by atoms with Crippen LogP contribution in [0.2, 0.25) is 0 Å². The predicted octanol–water partition coefficient (Wildman–Crippen LogP) is 2.07. The quantitative estimate of drug-likeness (QED) is 0.894. The van der Waals surface area contributed by atoms with Gasteiger partial charge < -0.3 is 9.84 Å². The first kappa shape index (κ1) is 12.5. The predicted molar refractivity (Wildman–Crippen MR) is 68.4 cm³/mol. The first-order chi connectivity index (χ1) is 8.70. The lowest BCUT2D eigenvalue weighted by atomic mass is 10.00. The Kier molecular flexibility index (Phi) is 3.89. The van der Waals surface area contributed by atoms with Crippen LogP contribution >= 0.6 is 0 Å². The van der Waals surface area contributed by atoms with Crippen LogP contribution in [0.1, 0.15) is 22.8 Å². The minimum absolute atomic E-state index is 0.307. The highest BCUT2D eigenvalue weighted by atomic mass is 16.5. The molecule has 0 aliphatic heterocycles. The van der Waals surface area contributed by atoms with Crippen molar-refractivity contribution in [3.8, 4) is 6.01 Å². The van der Waals surface area contributed by atoms with Crippen molar-refractivity contribution in [1.29, 1.82) is 0 Å². The molecule has 1 heterocycles. The molecule has 94 valence electrons. The number of nitrogens with zero attached hydrogens (tertiary/aromatic N) is 2.